The van der Waals surface area contributed by atoms with Crippen LogP contribution in [0.5, 0.6) is 5.75 Å². The van der Waals surface area contributed by atoms with E-state index in [1.807, 2.05) is 0 Å². The molecule has 3 atom stereocenters. The van der Waals surface area contributed by atoms with Gasteiger partial charge in [0, 0.05) is 6.54 Å². The molecule has 3 rings (SSSR count). The van der Waals surface area contributed by atoms with Crippen LogP contribution in [0.4, 0.5) is 0 Å². The number of fused-ring (bicyclic) bond motifs is 1. The molecule has 2 saturated heterocycles. The lowest BCUT2D eigenvalue weighted by atomic mass is 9.92. The van der Waals surface area contributed by atoms with Gasteiger partial charge in [-0.1, -0.05) is 12.1 Å². The Morgan fingerprint density at radius 2 is 1.90 bits per heavy atom. The average molecular weight is 404 g/mol. The molecule has 3 N–H and O–H groups in total. The predicted molar refractivity (Wildman–Crippen MR) is 108 cm³/mol. The molecule has 1 aromatic rings. The third-order valence-corrected chi connectivity index (χ3v) is 5.62. The maximum Gasteiger partial charge on any atom is 0.243 e. The van der Waals surface area contributed by atoms with Crippen LogP contribution in [0, 0.1) is 5.92 Å². The van der Waals surface area contributed by atoms with Gasteiger partial charge in [0.05, 0.1) is 46.2 Å². The van der Waals surface area contributed by atoms with E-state index < -0.39 is 18.0 Å². The second kappa shape index (κ2) is 8.41. The molecule has 8 heteroatoms. The van der Waals surface area contributed by atoms with E-state index in [4.69, 9.17) is 0 Å². The first kappa shape index (κ1) is 21.1. The third kappa shape index (κ3) is 4.87. The lowest BCUT2D eigenvalue weighted by Crippen LogP contribution is -2.56. The Morgan fingerprint density at radius 1 is 1.21 bits per heavy atom. The standard InChI is InChI=1S/C21H30N4O4/c1-25(2,3)11-5-4-10-22-20(28)16-12-17-21(29)23-13-18(27)24(17)19(16)14-6-8-15(26)9-7-14/h6-9,16-17,19H,4-5,10-13H2,1-3H3,(H2-,22,23,26,28,29)/p+1/t16-,17-,19-/m1/s1. The van der Waals surface area contributed by atoms with Crippen LogP contribution in [-0.2, 0) is 14.4 Å². The van der Waals surface area contributed by atoms with Crippen molar-refractivity contribution in [2.24, 2.45) is 5.92 Å². The van der Waals surface area contributed by atoms with E-state index in [1.165, 1.54) is 12.1 Å². The van der Waals surface area contributed by atoms with E-state index in [0.717, 1.165) is 29.4 Å². The second-order valence-electron chi connectivity index (χ2n) is 8.93. The van der Waals surface area contributed by atoms with Gasteiger partial charge in [-0.05, 0) is 37.0 Å². The van der Waals surface area contributed by atoms with Gasteiger partial charge < -0.3 is 25.1 Å². The number of phenols is 1. The quantitative estimate of drug-likeness (QED) is 0.453. The SMILES string of the molecule is C[N+](C)(C)CCCCNC(=O)[C@@H]1C[C@@H]2C(=O)NCC(=O)N2[C@@H]1c1ccc(O)cc1. The summed E-state index contributed by atoms with van der Waals surface area (Å²) in [6.45, 7) is 1.55. The summed E-state index contributed by atoms with van der Waals surface area (Å²) in [6, 6.07) is 5.36. The number of hydrogen-bond acceptors (Lipinski definition) is 4. The zero-order valence-corrected chi connectivity index (χ0v) is 17.4. The Morgan fingerprint density at radius 3 is 2.55 bits per heavy atom. The van der Waals surface area contributed by atoms with Crippen molar-refractivity contribution < 1.29 is 24.0 Å². The Balaban J connectivity index is 1.73. The van der Waals surface area contributed by atoms with Crippen LogP contribution in [0.3, 0.4) is 0 Å². The van der Waals surface area contributed by atoms with Crippen molar-refractivity contribution >= 4 is 17.7 Å². The molecule has 2 aliphatic rings. The minimum atomic E-state index is -0.635. The molecule has 2 heterocycles. The first-order valence-corrected chi connectivity index (χ1v) is 10.1. The largest absolute Gasteiger partial charge is 0.508 e. The number of nitrogens with zero attached hydrogens (tertiary/aromatic N) is 2. The summed E-state index contributed by atoms with van der Waals surface area (Å²) in [5, 5.41) is 15.2. The highest BCUT2D eigenvalue weighted by molar-refractivity contribution is 5.97. The van der Waals surface area contributed by atoms with Crippen molar-refractivity contribution in [2.45, 2.75) is 31.3 Å². The molecule has 8 nitrogen and oxygen atoms in total. The van der Waals surface area contributed by atoms with Crippen LogP contribution in [0.25, 0.3) is 0 Å². The first-order chi connectivity index (χ1) is 13.7. The number of hydrogen-bond donors (Lipinski definition) is 3. The van der Waals surface area contributed by atoms with Crippen molar-refractivity contribution in [3.05, 3.63) is 29.8 Å². The Hall–Kier alpha value is -2.61. The van der Waals surface area contributed by atoms with E-state index in [9.17, 15) is 19.5 Å². The number of amides is 3. The lowest BCUT2D eigenvalue weighted by Gasteiger charge is -2.34. The monoisotopic (exact) mass is 403 g/mol. The number of phenolic OH excluding ortho intramolecular Hbond substituents is 1. The van der Waals surface area contributed by atoms with Crippen LogP contribution >= 0.6 is 0 Å². The molecule has 29 heavy (non-hydrogen) atoms. The molecule has 0 aliphatic carbocycles. The fourth-order valence-corrected chi connectivity index (χ4v) is 4.17. The Kier molecular flexibility index (Phi) is 6.12. The third-order valence-electron chi connectivity index (χ3n) is 5.62. The van der Waals surface area contributed by atoms with E-state index in [2.05, 4.69) is 31.8 Å². The summed E-state index contributed by atoms with van der Waals surface area (Å²) in [7, 11) is 6.41. The molecule has 158 valence electrons. The minimum absolute atomic E-state index is 0.0523. The fraction of sp³-hybridized carbons (Fsp3) is 0.571. The zero-order valence-electron chi connectivity index (χ0n) is 17.4. The molecule has 0 unspecified atom stereocenters. The molecule has 0 aromatic heterocycles. The summed E-state index contributed by atoms with van der Waals surface area (Å²) in [4.78, 5) is 39.4. The van der Waals surface area contributed by atoms with Gasteiger partial charge in [0.25, 0.3) is 0 Å². The number of benzene rings is 1. The molecule has 0 saturated carbocycles. The summed E-state index contributed by atoms with van der Waals surface area (Å²) in [5.41, 5.74) is 0.749. The zero-order chi connectivity index (χ0) is 21.2. The van der Waals surface area contributed by atoms with Gasteiger partial charge >= 0.3 is 0 Å². The van der Waals surface area contributed by atoms with Crippen molar-refractivity contribution in [2.75, 3.05) is 40.8 Å². The average Bonchev–Trinajstić information content (AvgIpc) is 3.06. The molecular weight excluding hydrogens is 372 g/mol. The van der Waals surface area contributed by atoms with Gasteiger partial charge in [0.15, 0.2) is 0 Å². The van der Waals surface area contributed by atoms with Gasteiger partial charge in [-0.2, -0.15) is 0 Å². The van der Waals surface area contributed by atoms with Crippen LogP contribution in [0.1, 0.15) is 30.9 Å². The van der Waals surface area contributed by atoms with Crippen molar-refractivity contribution in [1.29, 1.82) is 0 Å². The summed E-state index contributed by atoms with van der Waals surface area (Å²) in [5.74, 6) is -0.930. The van der Waals surface area contributed by atoms with E-state index in [1.54, 1.807) is 17.0 Å². The fourth-order valence-electron chi connectivity index (χ4n) is 4.17. The predicted octanol–water partition coefficient (Wildman–Crippen LogP) is 0.383. The number of quaternary nitrogens is 1. The molecule has 3 amide bonds. The number of carbonyl (C=O) groups is 3. The normalized spacial score (nSPS) is 24.2. The number of aromatic hydroxyl groups is 1. The van der Waals surface area contributed by atoms with Crippen LogP contribution in [0.15, 0.2) is 24.3 Å². The highest BCUT2D eigenvalue weighted by atomic mass is 16.3. The minimum Gasteiger partial charge on any atom is -0.508 e. The van der Waals surface area contributed by atoms with Crippen LogP contribution in [0.2, 0.25) is 0 Å². The molecule has 1 aromatic carbocycles. The molecular formula is C21H31N4O4+. The highest BCUT2D eigenvalue weighted by Crippen LogP contribution is 2.42. The molecule has 2 aliphatic heterocycles. The number of rotatable bonds is 7. The van der Waals surface area contributed by atoms with E-state index in [0.29, 0.717) is 13.0 Å². The van der Waals surface area contributed by atoms with Gasteiger partial charge in [-0.15, -0.1) is 0 Å². The molecule has 0 bridgehead atoms. The van der Waals surface area contributed by atoms with E-state index >= 15 is 0 Å². The van der Waals surface area contributed by atoms with Crippen LogP contribution in [-0.4, -0.2) is 79.0 Å². The summed E-state index contributed by atoms with van der Waals surface area (Å²) in [6.07, 6.45) is 2.18. The maximum atomic E-state index is 13.0. The van der Waals surface area contributed by atoms with Crippen LogP contribution < -0.4 is 10.6 Å². The van der Waals surface area contributed by atoms with Crippen molar-refractivity contribution in [3.63, 3.8) is 0 Å². The topological polar surface area (TPSA) is 98.7 Å². The van der Waals surface area contributed by atoms with Gasteiger partial charge in [0.1, 0.15) is 11.8 Å². The number of carbonyl (C=O) groups excluding carboxylic acids is 3. The first-order valence-electron chi connectivity index (χ1n) is 10.1. The molecule has 0 radical (unpaired) electrons. The summed E-state index contributed by atoms with van der Waals surface area (Å²) >= 11 is 0. The van der Waals surface area contributed by atoms with E-state index in [-0.39, 0.29) is 30.0 Å². The van der Waals surface area contributed by atoms with Crippen molar-refractivity contribution in [1.82, 2.24) is 15.5 Å². The van der Waals surface area contributed by atoms with Crippen molar-refractivity contribution in [3.8, 4) is 5.75 Å². The Labute approximate surface area is 171 Å². The van der Waals surface area contributed by atoms with Gasteiger partial charge in [0.2, 0.25) is 17.7 Å². The second-order valence-corrected chi connectivity index (χ2v) is 8.93. The maximum absolute atomic E-state index is 13.0. The van der Waals surface area contributed by atoms with Gasteiger partial charge in [-0.3, -0.25) is 14.4 Å². The highest BCUT2D eigenvalue weighted by Gasteiger charge is 2.51. The molecule has 0 spiro atoms. The number of unbranched alkanes of at least 4 members (excludes halogenated alkanes) is 1. The molecule has 2 fully saturated rings. The lowest BCUT2D eigenvalue weighted by molar-refractivity contribution is -0.870. The number of nitrogens with one attached hydrogen (secondary N) is 2. The van der Waals surface area contributed by atoms with Gasteiger partial charge in [-0.25, -0.2) is 0 Å². The number of piperazine rings is 1. The smallest absolute Gasteiger partial charge is 0.243 e. The Bertz CT molecular complexity index is 772. The summed E-state index contributed by atoms with van der Waals surface area (Å²) < 4.78 is 0.882.